The van der Waals surface area contributed by atoms with Crippen LogP contribution in [0.4, 0.5) is 5.69 Å². The summed E-state index contributed by atoms with van der Waals surface area (Å²) in [7, 11) is 0. The number of nitro groups is 1. The normalized spacial score (nSPS) is 16.0. The van der Waals surface area contributed by atoms with E-state index in [9.17, 15) is 35.0 Å². The standard InChI is InChI=1S/C14H18N2O8/c15-11(14(22)13(21)10(19)6-17)12(20)9(18)5-7-1-3-8(4-2-7)16(23)24/h1-4,10-11,13-14,17,19,21-22H,5-6,15H2/t10-,11+,13-,14-/m1/s1. The average molecular weight is 342 g/mol. The highest BCUT2D eigenvalue weighted by Gasteiger charge is 2.35. The minimum Gasteiger partial charge on any atom is -0.394 e. The molecule has 0 aliphatic heterocycles. The first-order valence-electron chi connectivity index (χ1n) is 6.90. The van der Waals surface area contributed by atoms with E-state index >= 15 is 0 Å². The molecule has 4 atom stereocenters. The summed E-state index contributed by atoms with van der Waals surface area (Å²) >= 11 is 0. The van der Waals surface area contributed by atoms with Crippen molar-refractivity contribution >= 4 is 17.3 Å². The molecule has 0 bridgehead atoms. The van der Waals surface area contributed by atoms with Crippen LogP contribution < -0.4 is 5.73 Å². The molecule has 6 N–H and O–H groups in total. The van der Waals surface area contributed by atoms with E-state index in [2.05, 4.69) is 0 Å². The second-order valence-corrected chi connectivity index (χ2v) is 5.14. The number of nitrogens with zero attached hydrogens (tertiary/aromatic N) is 1. The molecule has 1 rings (SSSR count). The van der Waals surface area contributed by atoms with Gasteiger partial charge in [-0.2, -0.15) is 0 Å². The summed E-state index contributed by atoms with van der Waals surface area (Å²) in [5, 5.41) is 47.6. The SMILES string of the molecule is N[C@@H](C(=O)C(=O)Cc1ccc([N+](=O)[O-])cc1)[C@@H](O)[C@H](O)[C@H](O)CO. The summed E-state index contributed by atoms with van der Waals surface area (Å²) in [5.74, 6) is -2.15. The second kappa shape index (κ2) is 8.57. The smallest absolute Gasteiger partial charge is 0.269 e. The summed E-state index contributed by atoms with van der Waals surface area (Å²) < 4.78 is 0. The first-order valence-corrected chi connectivity index (χ1v) is 6.90. The van der Waals surface area contributed by atoms with Crippen molar-refractivity contribution in [2.24, 2.45) is 5.73 Å². The van der Waals surface area contributed by atoms with Gasteiger partial charge >= 0.3 is 0 Å². The highest BCUT2D eigenvalue weighted by molar-refractivity contribution is 6.39. The fourth-order valence-corrected chi connectivity index (χ4v) is 1.90. The predicted molar refractivity (Wildman–Crippen MR) is 79.9 cm³/mol. The first kappa shape index (κ1) is 19.8. The summed E-state index contributed by atoms with van der Waals surface area (Å²) in [6.07, 6.45) is -5.96. The fourth-order valence-electron chi connectivity index (χ4n) is 1.90. The molecule has 0 unspecified atom stereocenters. The minimum absolute atomic E-state index is 0.175. The van der Waals surface area contributed by atoms with Crippen molar-refractivity contribution in [3.63, 3.8) is 0 Å². The van der Waals surface area contributed by atoms with Crippen LogP contribution in [-0.2, 0) is 16.0 Å². The van der Waals surface area contributed by atoms with Crippen LogP contribution in [0.3, 0.4) is 0 Å². The quantitative estimate of drug-likeness (QED) is 0.187. The lowest BCUT2D eigenvalue weighted by Gasteiger charge is -2.25. The van der Waals surface area contributed by atoms with Crippen LogP contribution in [0.5, 0.6) is 0 Å². The number of hydrogen-bond acceptors (Lipinski definition) is 9. The maximum absolute atomic E-state index is 11.9. The van der Waals surface area contributed by atoms with Gasteiger partial charge in [-0.1, -0.05) is 12.1 Å². The van der Waals surface area contributed by atoms with Crippen LogP contribution in [0, 0.1) is 10.1 Å². The van der Waals surface area contributed by atoms with E-state index in [1.807, 2.05) is 0 Å². The van der Waals surface area contributed by atoms with Gasteiger partial charge in [-0.15, -0.1) is 0 Å². The molecule has 24 heavy (non-hydrogen) atoms. The first-order chi connectivity index (χ1) is 11.2. The largest absolute Gasteiger partial charge is 0.394 e. The Morgan fingerprint density at radius 3 is 2.12 bits per heavy atom. The zero-order valence-electron chi connectivity index (χ0n) is 12.5. The van der Waals surface area contributed by atoms with Crippen LogP contribution in [0.1, 0.15) is 5.56 Å². The number of non-ortho nitro benzene ring substituents is 1. The highest BCUT2D eigenvalue weighted by Crippen LogP contribution is 2.13. The summed E-state index contributed by atoms with van der Waals surface area (Å²) in [6.45, 7) is -0.865. The topological polar surface area (TPSA) is 184 Å². The number of Topliss-reactive ketones (excluding diaryl/α,β-unsaturated/α-hetero) is 2. The number of aliphatic hydroxyl groups excluding tert-OH is 4. The summed E-state index contributed by atoms with van der Waals surface area (Å²) in [6, 6.07) is 3.16. The molecule has 0 spiro atoms. The Morgan fingerprint density at radius 1 is 1.12 bits per heavy atom. The lowest BCUT2D eigenvalue weighted by molar-refractivity contribution is -0.384. The molecule has 10 nitrogen and oxygen atoms in total. The van der Waals surface area contributed by atoms with Crippen molar-refractivity contribution in [2.45, 2.75) is 30.8 Å². The molecule has 0 radical (unpaired) electrons. The van der Waals surface area contributed by atoms with Crippen molar-refractivity contribution < 1.29 is 34.9 Å². The number of hydrogen-bond donors (Lipinski definition) is 5. The van der Waals surface area contributed by atoms with E-state index in [-0.39, 0.29) is 5.69 Å². The molecular formula is C14H18N2O8. The third kappa shape index (κ3) is 4.88. The summed E-state index contributed by atoms with van der Waals surface area (Å²) in [4.78, 5) is 33.7. The van der Waals surface area contributed by atoms with Gasteiger partial charge < -0.3 is 26.2 Å². The molecule has 132 valence electrons. The molecule has 10 heteroatoms. The van der Waals surface area contributed by atoms with Crippen LogP contribution in [0.25, 0.3) is 0 Å². The van der Waals surface area contributed by atoms with Crippen molar-refractivity contribution in [3.8, 4) is 0 Å². The Bertz CT molecular complexity index is 603. The Labute approximate surface area is 136 Å². The molecule has 0 saturated heterocycles. The minimum atomic E-state index is -1.94. The fraction of sp³-hybridized carbons (Fsp3) is 0.429. The van der Waals surface area contributed by atoms with Crippen molar-refractivity contribution in [3.05, 3.63) is 39.9 Å². The van der Waals surface area contributed by atoms with Crippen LogP contribution in [-0.4, -0.2) is 67.9 Å². The van der Waals surface area contributed by atoms with Gasteiger partial charge in [-0.25, -0.2) is 0 Å². The molecule has 0 aliphatic carbocycles. The number of carbonyl (C=O) groups excluding carboxylic acids is 2. The number of ketones is 2. The van der Waals surface area contributed by atoms with Gasteiger partial charge in [-0.3, -0.25) is 19.7 Å². The van der Waals surface area contributed by atoms with Gasteiger partial charge in [-0.05, 0) is 5.56 Å². The molecule has 0 fully saturated rings. The number of nitro benzene ring substituents is 1. The van der Waals surface area contributed by atoms with E-state index in [1.165, 1.54) is 24.3 Å². The number of aliphatic hydroxyl groups is 4. The molecular weight excluding hydrogens is 324 g/mol. The molecule has 0 heterocycles. The number of carbonyl (C=O) groups is 2. The van der Waals surface area contributed by atoms with E-state index in [4.69, 9.17) is 10.8 Å². The number of nitrogens with two attached hydrogens (primary N) is 1. The average Bonchev–Trinajstić information content (AvgIpc) is 2.58. The van der Waals surface area contributed by atoms with Crippen molar-refractivity contribution in [1.82, 2.24) is 0 Å². The Balaban J connectivity index is 2.72. The molecule has 0 amide bonds. The van der Waals surface area contributed by atoms with Crippen LogP contribution >= 0.6 is 0 Å². The maximum Gasteiger partial charge on any atom is 0.269 e. The second-order valence-electron chi connectivity index (χ2n) is 5.14. The molecule has 1 aromatic rings. The molecule has 1 aromatic carbocycles. The number of benzene rings is 1. The van der Waals surface area contributed by atoms with Gasteiger partial charge in [0.25, 0.3) is 5.69 Å². The van der Waals surface area contributed by atoms with E-state index in [1.54, 1.807) is 0 Å². The van der Waals surface area contributed by atoms with E-state index in [0.29, 0.717) is 5.56 Å². The van der Waals surface area contributed by atoms with Gasteiger partial charge in [0.1, 0.15) is 24.4 Å². The Morgan fingerprint density at radius 2 is 1.67 bits per heavy atom. The van der Waals surface area contributed by atoms with Gasteiger partial charge in [0.05, 0.1) is 11.5 Å². The van der Waals surface area contributed by atoms with Crippen molar-refractivity contribution in [1.29, 1.82) is 0 Å². The summed E-state index contributed by atoms with van der Waals surface area (Å²) in [5.41, 5.74) is 5.57. The van der Waals surface area contributed by atoms with Gasteiger partial charge in [0, 0.05) is 18.6 Å². The lowest BCUT2D eigenvalue weighted by Crippen LogP contribution is -2.54. The molecule has 0 saturated carbocycles. The zero-order valence-corrected chi connectivity index (χ0v) is 12.5. The number of rotatable bonds is 9. The maximum atomic E-state index is 11.9. The van der Waals surface area contributed by atoms with Gasteiger partial charge in [0.2, 0.25) is 11.6 Å². The van der Waals surface area contributed by atoms with Crippen LogP contribution in [0.2, 0.25) is 0 Å². The van der Waals surface area contributed by atoms with Gasteiger partial charge in [0.15, 0.2) is 0 Å². The molecule has 0 aliphatic rings. The third-order valence-corrected chi connectivity index (χ3v) is 3.39. The predicted octanol–water partition coefficient (Wildman–Crippen LogP) is -2.32. The lowest BCUT2D eigenvalue weighted by atomic mass is 9.94. The van der Waals surface area contributed by atoms with Crippen LogP contribution in [0.15, 0.2) is 24.3 Å². The molecule has 0 aromatic heterocycles. The Kier molecular flexibility index (Phi) is 7.07. The Hall–Kier alpha value is -2.24. The third-order valence-electron chi connectivity index (χ3n) is 3.39. The van der Waals surface area contributed by atoms with Crippen molar-refractivity contribution in [2.75, 3.05) is 6.61 Å². The van der Waals surface area contributed by atoms with E-state index in [0.717, 1.165) is 0 Å². The monoisotopic (exact) mass is 342 g/mol. The highest BCUT2D eigenvalue weighted by atomic mass is 16.6. The zero-order chi connectivity index (χ0) is 18.4. The van der Waals surface area contributed by atoms with E-state index < -0.39 is 53.9 Å².